The SMILES string of the molecule is CCN(CC)C(=O)C(C)NC(=O)C1CCCN1. The molecular weight excluding hydrogens is 218 g/mol. The minimum absolute atomic E-state index is 0.0126. The molecule has 98 valence electrons. The quantitative estimate of drug-likeness (QED) is 0.718. The Hall–Kier alpha value is -1.10. The molecule has 2 N–H and O–H groups in total. The molecule has 2 atom stereocenters. The van der Waals surface area contributed by atoms with Crippen molar-refractivity contribution in [3.63, 3.8) is 0 Å². The summed E-state index contributed by atoms with van der Waals surface area (Å²) in [5, 5.41) is 5.90. The van der Waals surface area contributed by atoms with E-state index in [-0.39, 0.29) is 17.9 Å². The lowest BCUT2D eigenvalue weighted by molar-refractivity contribution is -0.136. The number of rotatable bonds is 5. The largest absolute Gasteiger partial charge is 0.343 e. The van der Waals surface area contributed by atoms with E-state index < -0.39 is 6.04 Å². The Balaban J connectivity index is 2.44. The molecule has 5 nitrogen and oxygen atoms in total. The lowest BCUT2D eigenvalue weighted by Gasteiger charge is -2.24. The van der Waals surface area contributed by atoms with Gasteiger partial charge in [-0.3, -0.25) is 9.59 Å². The van der Waals surface area contributed by atoms with Crippen LogP contribution in [0.25, 0.3) is 0 Å². The minimum Gasteiger partial charge on any atom is -0.343 e. The van der Waals surface area contributed by atoms with Crippen molar-refractivity contribution < 1.29 is 9.59 Å². The Morgan fingerprint density at radius 1 is 1.41 bits per heavy atom. The van der Waals surface area contributed by atoms with Crippen molar-refractivity contribution in [2.24, 2.45) is 0 Å². The number of nitrogens with zero attached hydrogens (tertiary/aromatic N) is 1. The van der Waals surface area contributed by atoms with Crippen LogP contribution in [0.5, 0.6) is 0 Å². The second-order valence-corrected chi connectivity index (χ2v) is 4.39. The first-order valence-electron chi connectivity index (χ1n) is 6.42. The highest BCUT2D eigenvalue weighted by Gasteiger charge is 2.26. The van der Waals surface area contributed by atoms with Gasteiger partial charge in [-0.15, -0.1) is 0 Å². The van der Waals surface area contributed by atoms with Crippen molar-refractivity contribution in [1.29, 1.82) is 0 Å². The van der Waals surface area contributed by atoms with E-state index in [0.29, 0.717) is 13.1 Å². The molecule has 0 aromatic rings. The molecule has 0 spiro atoms. The third kappa shape index (κ3) is 3.70. The molecule has 2 amide bonds. The summed E-state index contributed by atoms with van der Waals surface area (Å²) in [5.74, 6) is -0.0724. The van der Waals surface area contributed by atoms with E-state index in [1.165, 1.54) is 0 Å². The van der Waals surface area contributed by atoms with Crippen molar-refractivity contribution in [3.8, 4) is 0 Å². The van der Waals surface area contributed by atoms with E-state index in [4.69, 9.17) is 0 Å². The third-order valence-electron chi connectivity index (χ3n) is 3.18. The summed E-state index contributed by atoms with van der Waals surface area (Å²) >= 11 is 0. The molecule has 0 aromatic heterocycles. The zero-order chi connectivity index (χ0) is 12.8. The van der Waals surface area contributed by atoms with Gasteiger partial charge < -0.3 is 15.5 Å². The Kier molecular flexibility index (Phi) is 5.41. The molecule has 17 heavy (non-hydrogen) atoms. The molecule has 1 fully saturated rings. The number of likely N-dealkylation sites (N-methyl/N-ethyl adjacent to an activating group) is 1. The average molecular weight is 241 g/mol. The average Bonchev–Trinajstić information content (AvgIpc) is 2.83. The van der Waals surface area contributed by atoms with Crippen molar-refractivity contribution >= 4 is 11.8 Å². The zero-order valence-electron chi connectivity index (χ0n) is 11.0. The van der Waals surface area contributed by atoms with Crippen molar-refractivity contribution in [2.45, 2.75) is 45.7 Å². The molecule has 1 aliphatic rings. The number of nitrogens with one attached hydrogen (secondary N) is 2. The molecule has 0 bridgehead atoms. The van der Waals surface area contributed by atoms with Crippen LogP contribution >= 0.6 is 0 Å². The van der Waals surface area contributed by atoms with Gasteiger partial charge in [-0.25, -0.2) is 0 Å². The van der Waals surface area contributed by atoms with Crippen LogP contribution in [-0.2, 0) is 9.59 Å². The predicted octanol–water partition coefficient (Wildman–Crippen LogP) is 0.112. The van der Waals surface area contributed by atoms with Crippen LogP contribution in [-0.4, -0.2) is 48.4 Å². The molecule has 0 aromatic carbocycles. The van der Waals surface area contributed by atoms with Gasteiger partial charge in [0.25, 0.3) is 0 Å². The van der Waals surface area contributed by atoms with Crippen LogP contribution in [0.1, 0.15) is 33.6 Å². The molecule has 1 heterocycles. The number of hydrogen-bond donors (Lipinski definition) is 2. The van der Waals surface area contributed by atoms with Crippen molar-refractivity contribution in [3.05, 3.63) is 0 Å². The first kappa shape index (κ1) is 14.0. The Labute approximate surface area is 103 Å². The standard InChI is InChI=1S/C12H23N3O2/c1-4-15(5-2)12(17)9(3)14-11(16)10-7-6-8-13-10/h9-10,13H,4-8H2,1-3H3,(H,14,16). The molecule has 0 aliphatic carbocycles. The maximum Gasteiger partial charge on any atom is 0.244 e. The zero-order valence-corrected chi connectivity index (χ0v) is 11.0. The summed E-state index contributed by atoms with van der Waals surface area (Å²) in [4.78, 5) is 25.5. The fraction of sp³-hybridized carbons (Fsp3) is 0.833. The first-order valence-corrected chi connectivity index (χ1v) is 6.42. The third-order valence-corrected chi connectivity index (χ3v) is 3.18. The molecule has 0 radical (unpaired) electrons. The molecule has 1 rings (SSSR count). The summed E-state index contributed by atoms with van der Waals surface area (Å²) in [6.45, 7) is 7.86. The molecule has 1 saturated heterocycles. The van der Waals surface area contributed by atoms with E-state index >= 15 is 0 Å². The van der Waals surface area contributed by atoms with Crippen LogP contribution in [0, 0.1) is 0 Å². The van der Waals surface area contributed by atoms with Gasteiger partial charge in [0, 0.05) is 13.1 Å². The topological polar surface area (TPSA) is 61.4 Å². The smallest absolute Gasteiger partial charge is 0.244 e. The van der Waals surface area contributed by atoms with Gasteiger partial charge in [0.15, 0.2) is 0 Å². The van der Waals surface area contributed by atoms with Crippen molar-refractivity contribution in [1.82, 2.24) is 15.5 Å². The van der Waals surface area contributed by atoms with Crippen molar-refractivity contribution in [2.75, 3.05) is 19.6 Å². The van der Waals surface area contributed by atoms with Crippen LogP contribution in [0.2, 0.25) is 0 Å². The number of carbonyl (C=O) groups is 2. The van der Waals surface area contributed by atoms with Gasteiger partial charge in [0.1, 0.15) is 6.04 Å². The van der Waals surface area contributed by atoms with Gasteiger partial charge in [0.05, 0.1) is 6.04 Å². The summed E-state index contributed by atoms with van der Waals surface area (Å²) in [7, 11) is 0. The van der Waals surface area contributed by atoms with Crippen LogP contribution < -0.4 is 10.6 Å². The molecule has 2 unspecified atom stereocenters. The summed E-state index contributed by atoms with van der Waals surface area (Å²) in [5.41, 5.74) is 0. The second-order valence-electron chi connectivity index (χ2n) is 4.39. The van der Waals surface area contributed by atoms with E-state index in [2.05, 4.69) is 10.6 Å². The monoisotopic (exact) mass is 241 g/mol. The second kappa shape index (κ2) is 6.59. The van der Waals surface area contributed by atoms with Crippen LogP contribution in [0.15, 0.2) is 0 Å². The lowest BCUT2D eigenvalue weighted by atomic mass is 10.2. The van der Waals surface area contributed by atoms with Crippen LogP contribution in [0.4, 0.5) is 0 Å². The Morgan fingerprint density at radius 3 is 2.53 bits per heavy atom. The number of hydrogen-bond acceptors (Lipinski definition) is 3. The first-order chi connectivity index (χ1) is 8.10. The van der Waals surface area contributed by atoms with E-state index in [1.54, 1.807) is 11.8 Å². The predicted molar refractivity (Wildman–Crippen MR) is 66.6 cm³/mol. The summed E-state index contributed by atoms with van der Waals surface area (Å²) < 4.78 is 0. The summed E-state index contributed by atoms with van der Waals surface area (Å²) in [6.07, 6.45) is 1.88. The highest BCUT2D eigenvalue weighted by molar-refractivity contribution is 5.89. The molecular formula is C12H23N3O2. The highest BCUT2D eigenvalue weighted by Crippen LogP contribution is 2.05. The van der Waals surface area contributed by atoms with E-state index in [1.807, 2.05) is 13.8 Å². The normalized spacial score (nSPS) is 21.0. The Bertz CT molecular complexity index is 271. The van der Waals surface area contributed by atoms with Gasteiger partial charge in [0.2, 0.25) is 11.8 Å². The highest BCUT2D eigenvalue weighted by atomic mass is 16.2. The summed E-state index contributed by atoms with van der Waals surface area (Å²) in [6, 6.07) is -0.563. The fourth-order valence-electron chi connectivity index (χ4n) is 2.09. The van der Waals surface area contributed by atoms with E-state index in [9.17, 15) is 9.59 Å². The van der Waals surface area contributed by atoms with Gasteiger partial charge in [-0.2, -0.15) is 0 Å². The lowest BCUT2D eigenvalue weighted by Crippen LogP contribution is -2.51. The number of carbonyl (C=O) groups excluding carboxylic acids is 2. The number of amides is 2. The maximum atomic E-state index is 11.9. The molecule has 1 aliphatic heterocycles. The fourth-order valence-corrected chi connectivity index (χ4v) is 2.09. The van der Waals surface area contributed by atoms with Crippen LogP contribution in [0.3, 0.4) is 0 Å². The maximum absolute atomic E-state index is 11.9. The molecule has 0 saturated carbocycles. The molecule has 5 heteroatoms. The van der Waals surface area contributed by atoms with Gasteiger partial charge in [-0.1, -0.05) is 0 Å². The van der Waals surface area contributed by atoms with E-state index in [0.717, 1.165) is 19.4 Å². The van der Waals surface area contributed by atoms with Gasteiger partial charge in [-0.05, 0) is 40.2 Å². The minimum atomic E-state index is -0.440. The Morgan fingerprint density at radius 2 is 2.06 bits per heavy atom. The van der Waals surface area contributed by atoms with Gasteiger partial charge >= 0.3 is 0 Å².